The Kier molecular flexibility index (Phi) is 5.95. The molecule has 1 N–H and O–H groups in total. The Hall–Kier alpha value is -0.970. The third-order valence-corrected chi connectivity index (χ3v) is 5.78. The maximum atomic E-state index is 11.4. The molecular weight excluding hydrogens is 310 g/mol. The SMILES string of the molecule is Cc1cc([C@H](NCc2ccc([S@](C)=O)cc2)C(C)C)c(C)s1. The van der Waals surface area contributed by atoms with Gasteiger partial charge >= 0.3 is 0 Å². The van der Waals surface area contributed by atoms with Crippen LogP contribution in [0.4, 0.5) is 0 Å². The number of hydrogen-bond donors (Lipinski definition) is 1. The summed E-state index contributed by atoms with van der Waals surface area (Å²) in [5, 5.41) is 3.69. The largest absolute Gasteiger partial charge is 0.306 e. The Morgan fingerprint density at radius 2 is 1.82 bits per heavy atom. The van der Waals surface area contributed by atoms with Crippen molar-refractivity contribution < 1.29 is 4.21 Å². The van der Waals surface area contributed by atoms with Gasteiger partial charge in [0.2, 0.25) is 0 Å². The minimum atomic E-state index is -0.906. The van der Waals surface area contributed by atoms with Crippen LogP contribution in [0.5, 0.6) is 0 Å². The van der Waals surface area contributed by atoms with E-state index >= 15 is 0 Å². The van der Waals surface area contributed by atoms with Gasteiger partial charge in [-0.3, -0.25) is 4.21 Å². The molecule has 0 saturated heterocycles. The first-order valence-corrected chi connectivity index (χ1v) is 9.98. The van der Waals surface area contributed by atoms with Crippen molar-refractivity contribution in [1.29, 1.82) is 0 Å². The Balaban J connectivity index is 2.09. The minimum absolute atomic E-state index is 0.366. The van der Waals surface area contributed by atoms with Gasteiger partial charge in [-0.05, 0) is 49.1 Å². The zero-order valence-electron chi connectivity index (χ0n) is 14.0. The van der Waals surface area contributed by atoms with Crippen LogP contribution in [0.1, 0.15) is 40.8 Å². The van der Waals surface area contributed by atoms with Gasteiger partial charge < -0.3 is 5.32 Å². The summed E-state index contributed by atoms with van der Waals surface area (Å²) in [5.74, 6) is 0.537. The molecular formula is C18H25NOS2. The Morgan fingerprint density at radius 3 is 2.27 bits per heavy atom. The minimum Gasteiger partial charge on any atom is -0.306 e. The standard InChI is InChI=1S/C18H25NOS2/c1-12(2)18(17-10-13(3)21-14(17)4)19-11-15-6-8-16(9-7-15)22(5)20/h6-10,12,18-19H,11H2,1-5H3/t18-,22+/m1/s1. The lowest BCUT2D eigenvalue weighted by Crippen LogP contribution is -2.25. The van der Waals surface area contributed by atoms with Crippen LogP contribution in [0.15, 0.2) is 35.2 Å². The number of hydrogen-bond acceptors (Lipinski definition) is 3. The summed E-state index contributed by atoms with van der Waals surface area (Å²) in [5.41, 5.74) is 2.65. The van der Waals surface area contributed by atoms with Gasteiger partial charge in [-0.2, -0.15) is 0 Å². The second kappa shape index (κ2) is 7.53. The van der Waals surface area contributed by atoms with Crippen LogP contribution in [-0.4, -0.2) is 10.5 Å². The quantitative estimate of drug-likeness (QED) is 0.836. The zero-order chi connectivity index (χ0) is 16.3. The van der Waals surface area contributed by atoms with Crippen molar-refractivity contribution in [3.63, 3.8) is 0 Å². The lowest BCUT2D eigenvalue weighted by atomic mass is 9.96. The van der Waals surface area contributed by atoms with Crippen LogP contribution in [0.25, 0.3) is 0 Å². The molecule has 0 unspecified atom stereocenters. The summed E-state index contributed by atoms with van der Waals surface area (Å²) in [4.78, 5) is 3.66. The van der Waals surface area contributed by atoms with Crippen LogP contribution in [-0.2, 0) is 17.3 Å². The van der Waals surface area contributed by atoms with Gasteiger partial charge in [0.25, 0.3) is 0 Å². The molecule has 1 aromatic heterocycles. The number of benzene rings is 1. The molecule has 2 rings (SSSR count). The molecule has 0 spiro atoms. The maximum Gasteiger partial charge on any atom is 0.0498 e. The van der Waals surface area contributed by atoms with Crippen molar-refractivity contribution in [1.82, 2.24) is 5.32 Å². The third kappa shape index (κ3) is 4.28. The first-order valence-electron chi connectivity index (χ1n) is 7.61. The molecule has 2 atom stereocenters. The molecule has 0 aliphatic rings. The normalized spacial score (nSPS) is 14.3. The Morgan fingerprint density at radius 1 is 1.18 bits per heavy atom. The summed E-state index contributed by atoms with van der Waals surface area (Å²) in [7, 11) is -0.906. The van der Waals surface area contributed by atoms with E-state index in [-0.39, 0.29) is 0 Å². The van der Waals surface area contributed by atoms with E-state index < -0.39 is 10.8 Å². The van der Waals surface area contributed by atoms with Crippen LogP contribution in [0, 0.1) is 19.8 Å². The third-order valence-electron chi connectivity index (χ3n) is 3.86. The molecule has 1 heterocycles. The van der Waals surface area contributed by atoms with E-state index in [0.717, 1.165) is 11.4 Å². The fourth-order valence-corrected chi connectivity index (χ4v) is 4.18. The van der Waals surface area contributed by atoms with E-state index in [2.05, 4.69) is 51.2 Å². The highest BCUT2D eigenvalue weighted by Gasteiger charge is 2.19. The second-order valence-corrected chi connectivity index (χ2v) is 8.91. The highest BCUT2D eigenvalue weighted by Crippen LogP contribution is 2.30. The average molecular weight is 336 g/mol. The number of thiophene rings is 1. The van der Waals surface area contributed by atoms with Gasteiger partial charge in [-0.15, -0.1) is 11.3 Å². The van der Waals surface area contributed by atoms with E-state index in [1.165, 1.54) is 20.9 Å². The molecule has 0 bridgehead atoms. The molecule has 22 heavy (non-hydrogen) atoms. The lowest BCUT2D eigenvalue weighted by Gasteiger charge is -2.23. The van der Waals surface area contributed by atoms with E-state index in [4.69, 9.17) is 0 Å². The molecule has 1 aromatic carbocycles. The predicted octanol–water partition coefficient (Wildman–Crippen LogP) is 4.59. The molecule has 0 radical (unpaired) electrons. The lowest BCUT2D eigenvalue weighted by molar-refractivity contribution is 0.410. The monoisotopic (exact) mass is 335 g/mol. The van der Waals surface area contributed by atoms with Crippen molar-refractivity contribution in [3.8, 4) is 0 Å². The van der Waals surface area contributed by atoms with Crippen LogP contribution >= 0.6 is 11.3 Å². The average Bonchev–Trinajstić information content (AvgIpc) is 2.78. The summed E-state index contributed by atoms with van der Waals surface area (Å²) < 4.78 is 11.4. The van der Waals surface area contributed by atoms with E-state index in [1.807, 2.05) is 23.5 Å². The van der Waals surface area contributed by atoms with Crippen LogP contribution in [0.2, 0.25) is 0 Å². The Bertz CT molecular complexity index is 644. The topological polar surface area (TPSA) is 29.1 Å². The van der Waals surface area contributed by atoms with Gasteiger partial charge in [0.1, 0.15) is 0 Å². The van der Waals surface area contributed by atoms with Gasteiger partial charge in [-0.1, -0.05) is 26.0 Å². The molecule has 0 saturated carbocycles. The summed E-state index contributed by atoms with van der Waals surface area (Å²) in [6.07, 6.45) is 1.71. The Labute approximate surface area is 140 Å². The van der Waals surface area contributed by atoms with Crippen molar-refractivity contribution >= 4 is 22.1 Å². The molecule has 0 fully saturated rings. The molecule has 2 nitrogen and oxygen atoms in total. The molecule has 2 aromatic rings. The number of aryl methyl sites for hydroxylation is 2. The van der Waals surface area contributed by atoms with Gasteiger partial charge in [0.15, 0.2) is 0 Å². The smallest absolute Gasteiger partial charge is 0.0498 e. The van der Waals surface area contributed by atoms with E-state index in [1.54, 1.807) is 6.26 Å². The number of rotatable bonds is 6. The van der Waals surface area contributed by atoms with Crippen molar-refractivity contribution in [2.24, 2.45) is 5.92 Å². The molecule has 0 aliphatic carbocycles. The first kappa shape index (κ1) is 17.4. The second-order valence-electron chi connectivity index (χ2n) is 6.07. The molecule has 4 heteroatoms. The number of nitrogens with one attached hydrogen (secondary N) is 1. The zero-order valence-corrected chi connectivity index (χ0v) is 15.6. The van der Waals surface area contributed by atoms with Crippen molar-refractivity contribution in [2.45, 2.75) is 45.2 Å². The predicted molar refractivity (Wildman–Crippen MR) is 97.0 cm³/mol. The molecule has 0 amide bonds. The first-order chi connectivity index (χ1) is 10.4. The van der Waals surface area contributed by atoms with E-state index in [9.17, 15) is 4.21 Å². The maximum absolute atomic E-state index is 11.4. The van der Waals surface area contributed by atoms with Crippen LogP contribution < -0.4 is 5.32 Å². The van der Waals surface area contributed by atoms with Crippen LogP contribution in [0.3, 0.4) is 0 Å². The fourth-order valence-electron chi connectivity index (χ4n) is 2.69. The fraction of sp³-hybridized carbons (Fsp3) is 0.444. The van der Waals surface area contributed by atoms with Gasteiger partial charge in [0, 0.05) is 44.3 Å². The highest BCUT2D eigenvalue weighted by atomic mass is 32.2. The molecule has 0 aliphatic heterocycles. The van der Waals surface area contributed by atoms with Gasteiger partial charge in [-0.25, -0.2) is 0 Å². The van der Waals surface area contributed by atoms with Gasteiger partial charge in [0.05, 0.1) is 0 Å². The van der Waals surface area contributed by atoms with Crippen molar-refractivity contribution in [2.75, 3.05) is 6.26 Å². The summed E-state index contributed by atoms with van der Waals surface area (Å²) >= 11 is 1.87. The molecule has 120 valence electrons. The van der Waals surface area contributed by atoms with Crippen molar-refractivity contribution in [3.05, 3.63) is 51.2 Å². The van der Waals surface area contributed by atoms with E-state index in [0.29, 0.717) is 12.0 Å². The summed E-state index contributed by atoms with van der Waals surface area (Å²) in [6, 6.07) is 10.7. The summed E-state index contributed by atoms with van der Waals surface area (Å²) in [6.45, 7) is 9.71. The highest BCUT2D eigenvalue weighted by molar-refractivity contribution is 7.84.